The van der Waals surface area contributed by atoms with E-state index in [4.69, 9.17) is 24.7 Å². The number of aromatic nitrogens is 8. The van der Waals surface area contributed by atoms with Crippen molar-refractivity contribution in [3.63, 3.8) is 0 Å². The second-order valence-electron chi connectivity index (χ2n) is 21.7. The van der Waals surface area contributed by atoms with Gasteiger partial charge in [0.05, 0.1) is 58.8 Å². The molecule has 4 aliphatic heterocycles. The number of fused-ring (bicyclic) bond motifs is 16. The average Bonchev–Trinajstić information content (AvgIpc) is 3.78. The number of hydrogen-bond acceptors (Lipinski definition) is 9. The minimum absolute atomic E-state index is 0.0968. The van der Waals surface area contributed by atoms with E-state index in [9.17, 15) is 39.6 Å². The topological polar surface area (TPSA) is 273 Å². The fourth-order valence-corrected chi connectivity index (χ4v) is 11.7. The lowest BCUT2D eigenvalue weighted by molar-refractivity contribution is -0.138. The molecule has 0 spiro atoms. The Morgan fingerprint density at radius 3 is 0.988 bits per heavy atom. The summed E-state index contributed by atoms with van der Waals surface area (Å²) < 4.78 is 6.85. The summed E-state index contributed by atoms with van der Waals surface area (Å²) in [6.45, 7) is 24.4. The van der Waals surface area contributed by atoms with Crippen molar-refractivity contribution in [1.82, 2.24) is 39.9 Å². The van der Waals surface area contributed by atoms with E-state index in [0.29, 0.717) is 67.6 Å². The van der Waals surface area contributed by atoms with E-state index in [1.165, 1.54) is 0 Å². The number of nitrogens with zero attached hydrogens (tertiary/aromatic N) is 4. The van der Waals surface area contributed by atoms with Crippen LogP contribution in [-0.4, -0.2) is 97.4 Å². The SMILES string of the molecule is C=Cc1c(C)c2cc3nc(cc4[nH]c(cc5nc(cc1[nH]2)C(C)=C5COCC1=C(C)c2cc5[nH]c(cc6nc(cc7[nH]c(cc1n2)c(C)c7CCC(=O)O)C(CCC(=O)O)=C6C)c(C)c5C=C)c(C)c4CCC(=O)O)C(CCC(=O)O)=C3C. The van der Waals surface area contributed by atoms with Gasteiger partial charge in [-0.1, -0.05) is 25.3 Å². The van der Waals surface area contributed by atoms with Crippen molar-refractivity contribution >= 4 is 125 Å². The minimum Gasteiger partial charge on any atom is -0.481 e. The molecule has 4 aliphatic rings. The Labute approximate surface area is 478 Å². The third kappa shape index (κ3) is 11.1. The van der Waals surface area contributed by atoms with Crippen LogP contribution in [0.2, 0.25) is 0 Å². The summed E-state index contributed by atoms with van der Waals surface area (Å²) >= 11 is 0. The van der Waals surface area contributed by atoms with Crippen molar-refractivity contribution < 1.29 is 44.3 Å². The van der Waals surface area contributed by atoms with Crippen molar-refractivity contribution in [3.8, 4) is 0 Å². The number of allylic oxidation sites excluding steroid dienone is 6. The Morgan fingerprint density at radius 2 is 0.651 bits per heavy atom. The summed E-state index contributed by atoms with van der Waals surface area (Å²) in [6, 6.07) is 15.7. The largest absolute Gasteiger partial charge is 0.481 e. The second-order valence-corrected chi connectivity index (χ2v) is 21.7. The lowest BCUT2D eigenvalue weighted by atomic mass is 10.0. The van der Waals surface area contributed by atoms with E-state index in [1.54, 1.807) is 0 Å². The van der Waals surface area contributed by atoms with Crippen LogP contribution in [0.1, 0.15) is 156 Å². The first-order valence-electron chi connectivity index (χ1n) is 27.6. The molecule has 10 rings (SSSR count). The molecule has 0 fully saturated rings. The highest BCUT2D eigenvalue weighted by molar-refractivity contribution is 5.99. The third-order valence-electron chi connectivity index (χ3n) is 16.7. The van der Waals surface area contributed by atoms with Crippen LogP contribution in [0.25, 0.3) is 101 Å². The number of H-pyrrole nitrogens is 4. The molecule has 6 aromatic heterocycles. The highest BCUT2D eigenvalue weighted by atomic mass is 16.5. The van der Waals surface area contributed by atoms with E-state index in [1.807, 2.05) is 116 Å². The molecular formula is C66H66N8O9. The number of aromatic amines is 4. The monoisotopic (exact) mass is 1110 g/mol. The molecule has 16 bridgehead atoms. The van der Waals surface area contributed by atoms with Crippen LogP contribution in [-0.2, 0) is 36.8 Å². The molecular weight excluding hydrogens is 1050 g/mol. The van der Waals surface area contributed by atoms with Crippen LogP contribution in [0.4, 0.5) is 0 Å². The van der Waals surface area contributed by atoms with Crippen molar-refractivity contribution in [2.24, 2.45) is 0 Å². The maximum Gasteiger partial charge on any atom is 0.303 e. The number of aryl methyl sites for hydroxylation is 6. The van der Waals surface area contributed by atoms with E-state index < -0.39 is 23.9 Å². The molecule has 0 amide bonds. The second kappa shape index (κ2) is 22.8. The van der Waals surface area contributed by atoms with Crippen LogP contribution >= 0.6 is 0 Å². The molecule has 0 unspecified atom stereocenters. The highest BCUT2D eigenvalue weighted by Gasteiger charge is 2.25. The maximum absolute atomic E-state index is 12.1. The fourth-order valence-electron chi connectivity index (χ4n) is 11.7. The summed E-state index contributed by atoms with van der Waals surface area (Å²) in [4.78, 5) is 83.1. The van der Waals surface area contributed by atoms with Gasteiger partial charge in [0.2, 0.25) is 0 Å². The summed E-state index contributed by atoms with van der Waals surface area (Å²) in [6.07, 6.45) is 4.15. The Kier molecular flexibility index (Phi) is 15.6. The van der Waals surface area contributed by atoms with Crippen LogP contribution in [0.5, 0.6) is 0 Å². The van der Waals surface area contributed by atoms with Gasteiger partial charge in [-0.25, -0.2) is 19.9 Å². The van der Waals surface area contributed by atoms with Gasteiger partial charge in [0.25, 0.3) is 0 Å². The molecule has 424 valence electrons. The van der Waals surface area contributed by atoms with E-state index in [2.05, 4.69) is 33.1 Å². The standard InChI is InChI=1S/C66H66N8O9/c1-11-39-31(3)47-21-49-33(5)41(13-17-63(75)76)57(69-49)27-59-43(15-19-65(79)80)35(7)51(71-59)25-61-45(37(9)53(73-61)23-55(39)67-47)29-83-30-46-38(10)54-24-56-40(12-2)32(4)48(68-56)22-50-34(6)42(14-18-64(77)78)58(70-50)28-60-44(16-20-66(81)82)36(8)52(72-60)26-62(46)74-54/h11-12,21-28,67-68,71-72H,1-2,13-20,29-30H2,3-10H3,(H,75,76)(H,77,78)(H,79,80)(H,81,82). The Morgan fingerprint density at radius 1 is 0.386 bits per heavy atom. The lowest BCUT2D eigenvalue weighted by Crippen LogP contribution is -2.02. The Balaban J connectivity index is 1.13. The van der Waals surface area contributed by atoms with E-state index in [0.717, 1.165) is 111 Å². The molecule has 6 aromatic rings. The van der Waals surface area contributed by atoms with Crippen LogP contribution in [0.15, 0.2) is 61.7 Å². The van der Waals surface area contributed by atoms with E-state index >= 15 is 0 Å². The molecule has 0 aromatic carbocycles. The number of rotatable bonds is 18. The molecule has 17 nitrogen and oxygen atoms in total. The predicted molar refractivity (Wildman–Crippen MR) is 328 cm³/mol. The van der Waals surface area contributed by atoms with Crippen molar-refractivity contribution in [3.05, 3.63) is 152 Å². The lowest BCUT2D eigenvalue weighted by Gasteiger charge is -2.09. The molecule has 0 atom stereocenters. The highest BCUT2D eigenvalue weighted by Crippen LogP contribution is 2.40. The normalized spacial score (nSPS) is 13.4. The van der Waals surface area contributed by atoms with Gasteiger partial charge in [0.1, 0.15) is 0 Å². The summed E-state index contributed by atoms with van der Waals surface area (Å²) in [5.74, 6) is -3.74. The number of hydrogen-bond donors (Lipinski definition) is 8. The van der Waals surface area contributed by atoms with Gasteiger partial charge in [-0.2, -0.15) is 0 Å². The summed E-state index contributed by atoms with van der Waals surface area (Å²) in [5.41, 5.74) is 24.8. The van der Waals surface area contributed by atoms with Gasteiger partial charge in [-0.05, 0) is 196 Å². The number of ether oxygens (including phenoxy) is 1. The summed E-state index contributed by atoms with van der Waals surface area (Å²) in [7, 11) is 0. The number of aliphatic carboxylic acids is 4. The van der Waals surface area contributed by atoms with Gasteiger partial charge in [-0.15, -0.1) is 0 Å². The van der Waals surface area contributed by atoms with Crippen LogP contribution in [0, 0.1) is 27.7 Å². The zero-order valence-electron chi connectivity index (χ0n) is 47.9. The van der Waals surface area contributed by atoms with Crippen LogP contribution in [0.3, 0.4) is 0 Å². The molecule has 0 saturated carbocycles. The molecule has 0 radical (unpaired) electrons. The Bertz CT molecular complexity index is 4070. The maximum atomic E-state index is 12.1. The van der Waals surface area contributed by atoms with Gasteiger partial charge in [-0.3, -0.25) is 19.2 Å². The Hall–Kier alpha value is -9.48. The number of carboxylic acids is 4. The molecule has 10 heterocycles. The van der Waals surface area contributed by atoms with Gasteiger partial charge >= 0.3 is 23.9 Å². The number of carboxylic acid groups (broad SMARTS) is 4. The quantitative estimate of drug-likeness (QED) is 0.0398. The first-order valence-corrected chi connectivity index (χ1v) is 27.6. The van der Waals surface area contributed by atoms with Crippen molar-refractivity contribution in [1.29, 1.82) is 0 Å². The molecule has 0 aliphatic carbocycles. The predicted octanol–water partition coefficient (Wildman–Crippen LogP) is 13.7. The van der Waals surface area contributed by atoms with Crippen LogP contribution < -0.4 is 0 Å². The number of carbonyl (C=O) groups is 4. The van der Waals surface area contributed by atoms with Gasteiger partial charge in [0, 0.05) is 92.1 Å². The molecule has 0 saturated heterocycles. The average molecular weight is 1120 g/mol. The zero-order valence-corrected chi connectivity index (χ0v) is 47.9. The van der Waals surface area contributed by atoms with Crippen molar-refractivity contribution in [2.45, 2.75) is 107 Å². The minimum atomic E-state index is -0.940. The fraction of sp³-hybridized carbons (Fsp3) is 0.273. The first-order chi connectivity index (χ1) is 39.6. The summed E-state index contributed by atoms with van der Waals surface area (Å²) in [5, 5.41) is 39.3. The van der Waals surface area contributed by atoms with Gasteiger partial charge < -0.3 is 45.1 Å². The smallest absolute Gasteiger partial charge is 0.303 e. The van der Waals surface area contributed by atoms with Gasteiger partial charge in [0.15, 0.2) is 0 Å². The molecule has 8 N–H and O–H groups in total. The van der Waals surface area contributed by atoms with Crippen molar-refractivity contribution in [2.75, 3.05) is 13.2 Å². The first kappa shape index (κ1) is 56.8. The number of nitrogens with one attached hydrogen (secondary N) is 4. The van der Waals surface area contributed by atoms with E-state index in [-0.39, 0.29) is 64.6 Å². The zero-order chi connectivity index (χ0) is 59.3. The molecule has 83 heavy (non-hydrogen) atoms. The third-order valence-corrected chi connectivity index (χ3v) is 16.7. The molecule has 17 heteroatoms.